The van der Waals surface area contributed by atoms with Gasteiger partial charge in [-0.05, 0) is 69.1 Å². The zero-order valence-electron chi connectivity index (χ0n) is 21.5. The molecule has 2 fully saturated rings. The number of benzene rings is 1. The van der Waals surface area contributed by atoms with Crippen molar-refractivity contribution in [2.24, 2.45) is 5.92 Å². The standard InChI is InChI=1S/C29H33BrN8/c1-20(22-7-12-36(13-8-22)19-21-17-33-29(31)34-18-21)37-14-9-24(10-15-37)38-27-6-5-23(30)16-26(27)35-28(38)25-4-2-3-11-32-25/h2-6,11,16-18,22,24H,1,7-10,12-15,19H2,(H2,31,33,34). The molecular weight excluding hydrogens is 540 g/mol. The Morgan fingerprint density at radius 1 is 0.974 bits per heavy atom. The fourth-order valence-electron chi connectivity index (χ4n) is 5.92. The molecule has 0 unspecified atom stereocenters. The SMILES string of the molecule is C=C(C1CCN(Cc2cnc(N)nc2)CC1)N1CCC(n2c(-c3ccccn3)nc3cc(Br)ccc32)CC1. The van der Waals surface area contributed by atoms with Gasteiger partial charge in [-0.2, -0.15) is 0 Å². The van der Waals surface area contributed by atoms with Crippen molar-refractivity contribution < 1.29 is 0 Å². The summed E-state index contributed by atoms with van der Waals surface area (Å²) in [4.78, 5) is 22.9. The lowest BCUT2D eigenvalue weighted by molar-refractivity contribution is 0.155. The van der Waals surface area contributed by atoms with Crippen LogP contribution in [0.25, 0.3) is 22.6 Å². The number of aromatic nitrogens is 5. The van der Waals surface area contributed by atoms with Crippen LogP contribution in [0.4, 0.5) is 5.95 Å². The molecule has 0 radical (unpaired) electrons. The molecule has 4 aromatic rings. The molecule has 0 amide bonds. The molecule has 0 spiro atoms. The van der Waals surface area contributed by atoms with E-state index in [0.29, 0.717) is 17.9 Å². The van der Waals surface area contributed by atoms with Crippen LogP contribution in [0.1, 0.15) is 37.3 Å². The third-order valence-electron chi connectivity index (χ3n) is 7.97. The first-order valence-corrected chi connectivity index (χ1v) is 14.2. The maximum absolute atomic E-state index is 5.62. The average Bonchev–Trinajstić information content (AvgIpc) is 3.33. The lowest BCUT2D eigenvalue weighted by atomic mass is 9.91. The van der Waals surface area contributed by atoms with Gasteiger partial charge in [0, 0.05) is 65.9 Å². The maximum atomic E-state index is 5.62. The highest BCUT2D eigenvalue weighted by Crippen LogP contribution is 2.36. The zero-order valence-corrected chi connectivity index (χ0v) is 23.1. The molecule has 6 rings (SSSR count). The third kappa shape index (κ3) is 5.17. The van der Waals surface area contributed by atoms with E-state index in [1.165, 1.54) is 11.2 Å². The minimum absolute atomic E-state index is 0.329. The van der Waals surface area contributed by atoms with Crippen molar-refractivity contribution in [3.63, 3.8) is 0 Å². The Hall–Kier alpha value is -3.30. The minimum atomic E-state index is 0.329. The second-order valence-corrected chi connectivity index (χ2v) is 11.3. The summed E-state index contributed by atoms with van der Waals surface area (Å²) in [5.41, 5.74) is 11.1. The van der Waals surface area contributed by atoms with Gasteiger partial charge in [0.15, 0.2) is 5.82 Å². The number of hydrogen-bond donors (Lipinski definition) is 1. The first-order chi connectivity index (χ1) is 18.5. The van der Waals surface area contributed by atoms with E-state index >= 15 is 0 Å². The molecule has 0 bridgehead atoms. The molecule has 2 saturated heterocycles. The minimum Gasteiger partial charge on any atom is -0.375 e. The number of nitrogen functional groups attached to an aromatic ring is 1. The van der Waals surface area contributed by atoms with E-state index in [1.54, 1.807) is 0 Å². The molecule has 2 aliphatic heterocycles. The number of fused-ring (bicyclic) bond motifs is 1. The average molecular weight is 574 g/mol. The van der Waals surface area contributed by atoms with E-state index in [9.17, 15) is 0 Å². The molecule has 9 heteroatoms. The molecule has 0 atom stereocenters. The fraction of sp³-hybridized carbons (Fsp3) is 0.379. The zero-order chi connectivity index (χ0) is 26.1. The van der Waals surface area contributed by atoms with E-state index in [0.717, 1.165) is 85.5 Å². The number of hydrogen-bond acceptors (Lipinski definition) is 7. The predicted octanol–water partition coefficient (Wildman–Crippen LogP) is 5.30. The van der Waals surface area contributed by atoms with Gasteiger partial charge in [0.2, 0.25) is 5.95 Å². The highest BCUT2D eigenvalue weighted by Gasteiger charge is 2.29. The normalized spacial score (nSPS) is 17.8. The highest BCUT2D eigenvalue weighted by atomic mass is 79.9. The van der Waals surface area contributed by atoms with Crippen LogP contribution in [0.5, 0.6) is 0 Å². The van der Waals surface area contributed by atoms with Crippen LogP contribution in [0, 0.1) is 5.92 Å². The molecular formula is C29H33BrN8. The number of nitrogens with zero attached hydrogens (tertiary/aromatic N) is 7. The first kappa shape index (κ1) is 25.0. The Labute approximate surface area is 231 Å². The van der Waals surface area contributed by atoms with Crippen molar-refractivity contribution in [3.05, 3.63) is 77.3 Å². The van der Waals surface area contributed by atoms with Gasteiger partial charge in [-0.3, -0.25) is 9.88 Å². The van der Waals surface area contributed by atoms with Crippen molar-refractivity contribution >= 4 is 32.9 Å². The van der Waals surface area contributed by atoms with Gasteiger partial charge in [-0.1, -0.05) is 28.6 Å². The second-order valence-electron chi connectivity index (χ2n) is 10.4. The van der Waals surface area contributed by atoms with E-state index in [4.69, 9.17) is 10.7 Å². The number of pyridine rings is 1. The summed E-state index contributed by atoms with van der Waals surface area (Å²) < 4.78 is 3.46. The molecule has 5 heterocycles. The number of halogens is 1. The van der Waals surface area contributed by atoms with Gasteiger partial charge < -0.3 is 15.2 Å². The summed E-state index contributed by atoms with van der Waals surface area (Å²) in [5.74, 6) is 1.82. The van der Waals surface area contributed by atoms with Gasteiger partial charge >= 0.3 is 0 Å². The van der Waals surface area contributed by atoms with E-state index in [-0.39, 0.29) is 0 Å². The second kappa shape index (κ2) is 10.8. The quantitative estimate of drug-likeness (QED) is 0.335. The van der Waals surface area contributed by atoms with Gasteiger partial charge in [0.25, 0.3) is 0 Å². The molecule has 1 aromatic carbocycles. The van der Waals surface area contributed by atoms with Crippen molar-refractivity contribution in [2.75, 3.05) is 31.9 Å². The molecule has 2 aliphatic rings. The summed E-state index contributed by atoms with van der Waals surface area (Å²) >= 11 is 3.61. The van der Waals surface area contributed by atoms with Gasteiger partial charge in [-0.15, -0.1) is 0 Å². The number of nitrogens with two attached hydrogens (primary N) is 1. The topological polar surface area (TPSA) is 89.0 Å². The highest BCUT2D eigenvalue weighted by molar-refractivity contribution is 9.10. The largest absolute Gasteiger partial charge is 0.375 e. The number of piperidine rings is 2. The van der Waals surface area contributed by atoms with Crippen molar-refractivity contribution in [2.45, 2.75) is 38.3 Å². The third-order valence-corrected chi connectivity index (χ3v) is 8.46. The van der Waals surface area contributed by atoms with Crippen LogP contribution in [0.15, 0.2) is 71.7 Å². The van der Waals surface area contributed by atoms with E-state index in [1.807, 2.05) is 30.7 Å². The van der Waals surface area contributed by atoms with Crippen LogP contribution >= 0.6 is 15.9 Å². The number of allylic oxidation sites excluding steroid dienone is 1. The molecule has 38 heavy (non-hydrogen) atoms. The summed E-state index contributed by atoms with van der Waals surface area (Å²) in [6.45, 7) is 9.61. The Morgan fingerprint density at radius 3 is 2.45 bits per heavy atom. The molecule has 0 saturated carbocycles. The van der Waals surface area contributed by atoms with Crippen molar-refractivity contribution in [1.29, 1.82) is 0 Å². The van der Waals surface area contributed by atoms with Crippen molar-refractivity contribution in [3.8, 4) is 11.5 Å². The first-order valence-electron chi connectivity index (χ1n) is 13.4. The van der Waals surface area contributed by atoms with Crippen LogP contribution in [-0.4, -0.2) is 60.5 Å². The maximum Gasteiger partial charge on any atom is 0.219 e. The molecule has 0 aliphatic carbocycles. The van der Waals surface area contributed by atoms with Crippen LogP contribution in [0.2, 0.25) is 0 Å². The molecule has 196 valence electrons. The van der Waals surface area contributed by atoms with Gasteiger partial charge in [0.05, 0.1) is 11.0 Å². The summed E-state index contributed by atoms with van der Waals surface area (Å²) in [6.07, 6.45) is 9.92. The summed E-state index contributed by atoms with van der Waals surface area (Å²) in [7, 11) is 0. The molecule has 2 N–H and O–H groups in total. The van der Waals surface area contributed by atoms with Crippen LogP contribution in [0.3, 0.4) is 0 Å². The smallest absolute Gasteiger partial charge is 0.219 e. The van der Waals surface area contributed by atoms with E-state index < -0.39 is 0 Å². The Kier molecular flexibility index (Phi) is 7.12. The number of likely N-dealkylation sites (tertiary alicyclic amines) is 2. The van der Waals surface area contributed by atoms with Gasteiger partial charge in [0.1, 0.15) is 5.69 Å². The Bertz CT molecular complexity index is 1400. The fourth-order valence-corrected chi connectivity index (χ4v) is 6.26. The predicted molar refractivity (Wildman–Crippen MR) is 154 cm³/mol. The number of imidazole rings is 1. The lowest BCUT2D eigenvalue weighted by Gasteiger charge is -2.41. The monoisotopic (exact) mass is 572 g/mol. The molecule has 8 nitrogen and oxygen atoms in total. The molecule has 3 aromatic heterocycles. The van der Waals surface area contributed by atoms with Crippen LogP contribution in [-0.2, 0) is 6.54 Å². The summed E-state index contributed by atoms with van der Waals surface area (Å²) in [5, 5.41) is 0. The Balaban J connectivity index is 1.10. The number of rotatable bonds is 6. The lowest BCUT2D eigenvalue weighted by Crippen LogP contribution is -2.40. The van der Waals surface area contributed by atoms with E-state index in [2.05, 4.69) is 76.1 Å². The Morgan fingerprint density at radius 2 is 1.74 bits per heavy atom. The summed E-state index contributed by atoms with van der Waals surface area (Å²) in [6, 6.07) is 12.8. The number of anilines is 1. The van der Waals surface area contributed by atoms with Crippen molar-refractivity contribution in [1.82, 2.24) is 34.3 Å². The van der Waals surface area contributed by atoms with Gasteiger partial charge in [-0.25, -0.2) is 15.0 Å². The van der Waals surface area contributed by atoms with Crippen LogP contribution < -0.4 is 5.73 Å².